The van der Waals surface area contributed by atoms with Crippen molar-refractivity contribution in [1.82, 2.24) is 0 Å². The van der Waals surface area contributed by atoms with Crippen LogP contribution in [0.2, 0.25) is 5.02 Å². The third kappa shape index (κ3) is 3.96. The first-order valence-electron chi connectivity index (χ1n) is 9.89. The molecular formula is C25H18ClF2NO4. The lowest BCUT2D eigenvalue weighted by Crippen LogP contribution is -2.30. The van der Waals surface area contributed by atoms with Crippen molar-refractivity contribution >= 4 is 34.7 Å². The molecule has 0 bridgehead atoms. The molecule has 1 unspecified atom stereocenters. The fraction of sp³-hybridized carbons (Fsp3) is 0.120. The fourth-order valence-electron chi connectivity index (χ4n) is 3.87. The summed E-state index contributed by atoms with van der Waals surface area (Å²) in [4.78, 5) is 27.1. The largest absolute Gasteiger partial charge is 0.507 e. The second-order valence-corrected chi connectivity index (χ2v) is 7.93. The predicted molar refractivity (Wildman–Crippen MR) is 120 cm³/mol. The van der Waals surface area contributed by atoms with Crippen molar-refractivity contribution in [1.29, 1.82) is 0 Å². The maximum Gasteiger partial charge on any atom is 0.300 e. The minimum absolute atomic E-state index is 0.0752. The van der Waals surface area contributed by atoms with Gasteiger partial charge in [-0.2, -0.15) is 0 Å². The molecule has 1 atom stereocenters. The number of aryl methyl sites for hydroxylation is 1. The molecule has 1 saturated heterocycles. The van der Waals surface area contributed by atoms with E-state index in [9.17, 15) is 23.5 Å². The van der Waals surface area contributed by atoms with Gasteiger partial charge in [-0.05, 0) is 42.8 Å². The van der Waals surface area contributed by atoms with Gasteiger partial charge in [0.05, 0.1) is 29.4 Å². The minimum Gasteiger partial charge on any atom is -0.507 e. The van der Waals surface area contributed by atoms with Crippen molar-refractivity contribution in [2.75, 3.05) is 12.0 Å². The van der Waals surface area contributed by atoms with Crippen LogP contribution in [0, 0.1) is 18.6 Å². The van der Waals surface area contributed by atoms with Crippen LogP contribution < -0.4 is 9.64 Å². The standard InChI is InChI=1S/C25H18ClF2NO4/c1-13-4-3-5-14(10-13)22-21(23(30)17-12-16(33-2)7-8-18(17)26)24(31)25(32)29(22)20-9-6-15(27)11-19(20)28/h3-12,22,30H,1-2H3/b23-21+. The van der Waals surface area contributed by atoms with Gasteiger partial charge in [-0.1, -0.05) is 41.4 Å². The van der Waals surface area contributed by atoms with Crippen LogP contribution in [-0.2, 0) is 9.59 Å². The van der Waals surface area contributed by atoms with Gasteiger partial charge in [0.2, 0.25) is 0 Å². The highest BCUT2D eigenvalue weighted by Gasteiger charge is 2.48. The maximum atomic E-state index is 14.7. The van der Waals surface area contributed by atoms with Crippen LogP contribution in [0.4, 0.5) is 14.5 Å². The predicted octanol–water partition coefficient (Wildman–Crippen LogP) is 5.56. The van der Waals surface area contributed by atoms with E-state index in [1.54, 1.807) is 24.3 Å². The van der Waals surface area contributed by atoms with Crippen LogP contribution in [0.25, 0.3) is 5.76 Å². The molecule has 0 aliphatic carbocycles. The van der Waals surface area contributed by atoms with Gasteiger partial charge < -0.3 is 9.84 Å². The van der Waals surface area contributed by atoms with Gasteiger partial charge in [-0.15, -0.1) is 0 Å². The number of aliphatic hydroxyl groups excluding tert-OH is 1. The summed E-state index contributed by atoms with van der Waals surface area (Å²) in [6.07, 6.45) is 0. The minimum atomic E-state index is -1.17. The number of rotatable bonds is 4. The van der Waals surface area contributed by atoms with Gasteiger partial charge in [0.25, 0.3) is 11.7 Å². The normalized spacial score (nSPS) is 17.5. The molecule has 3 aromatic carbocycles. The van der Waals surface area contributed by atoms with Crippen LogP contribution in [-0.4, -0.2) is 23.9 Å². The lowest BCUT2D eigenvalue weighted by molar-refractivity contribution is -0.132. The van der Waals surface area contributed by atoms with E-state index in [0.717, 1.165) is 22.6 Å². The smallest absolute Gasteiger partial charge is 0.300 e. The third-order valence-electron chi connectivity index (χ3n) is 5.40. The number of carbonyl (C=O) groups is 2. The number of ether oxygens (including phenoxy) is 1. The SMILES string of the molecule is COc1ccc(Cl)c(/C(O)=C2\C(=O)C(=O)N(c3ccc(F)cc3F)C2c2cccc(C)c2)c1. The number of Topliss-reactive ketones (excluding diaryl/α,β-unsaturated/α-hetero) is 1. The molecule has 0 spiro atoms. The van der Waals surface area contributed by atoms with Gasteiger partial charge in [-0.25, -0.2) is 8.78 Å². The van der Waals surface area contributed by atoms with Crippen molar-refractivity contribution in [3.05, 3.63) is 99.6 Å². The number of nitrogens with zero attached hydrogens (tertiary/aromatic N) is 1. The Morgan fingerprint density at radius 3 is 2.48 bits per heavy atom. The number of ketones is 1. The summed E-state index contributed by atoms with van der Waals surface area (Å²) in [5.74, 6) is -4.10. The molecular weight excluding hydrogens is 452 g/mol. The number of hydrogen-bond donors (Lipinski definition) is 1. The summed E-state index contributed by atoms with van der Waals surface area (Å²) in [5, 5.41) is 11.3. The van der Waals surface area contributed by atoms with Crippen LogP contribution in [0.5, 0.6) is 5.75 Å². The summed E-state index contributed by atoms with van der Waals surface area (Å²) in [6, 6.07) is 12.9. The Kier molecular flexibility index (Phi) is 5.91. The van der Waals surface area contributed by atoms with Crippen LogP contribution in [0.15, 0.2) is 66.2 Å². The zero-order chi connectivity index (χ0) is 23.9. The summed E-state index contributed by atoms with van der Waals surface area (Å²) >= 11 is 6.26. The van der Waals surface area contributed by atoms with E-state index >= 15 is 0 Å². The number of benzene rings is 3. The highest BCUT2D eigenvalue weighted by atomic mass is 35.5. The maximum absolute atomic E-state index is 14.7. The quantitative estimate of drug-likeness (QED) is 0.308. The summed E-state index contributed by atoms with van der Waals surface area (Å²) in [5.41, 5.74) is 0.784. The number of aliphatic hydroxyl groups is 1. The molecule has 0 radical (unpaired) electrons. The summed E-state index contributed by atoms with van der Waals surface area (Å²) < 4.78 is 33.4. The molecule has 1 aliphatic rings. The highest BCUT2D eigenvalue weighted by molar-refractivity contribution is 6.52. The zero-order valence-electron chi connectivity index (χ0n) is 17.6. The number of carbonyl (C=O) groups excluding carboxylic acids is 2. The lowest BCUT2D eigenvalue weighted by atomic mass is 9.94. The van der Waals surface area contributed by atoms with Gasteiger partial charge in [-0.3, -0.25) is 14.5 Å². The average molecular weight is 470 g/mol. The second-order valence-electron chi connectivity index (χ2n) is 7.52. The number of amides is 1. The van der Waals surface area contributed by atoms with E-state index in [1.165, 1.54) is 19.2 Å². The zero-order valence-corrected chi connectivity index (χ0v) is 18.4. The molecule has 1 aliphatic heterocycles. The van der Waals surface area contributed by atoms with E-state index in [4.69, 9.17) is 16.3 Å². The van der Waals surface area contributed by atoms with Crippen molar-refractivity contribution < 1.29 is 28.2 Å². The first-order valence-corrected chi connectivity index (χ1v) is 10.3. The van der Waals surface area contributed by atoms with Crippen molar-refractivity contribution in [2.24, 2.45) is 0 Å². The fourth-order valence-corrected chi connectivity index (χ4v) is 4.08. The second kappa shape index (κ2) is 8.67. The Balaban J connectivity index is 2.01. The molecule has 1 heterocycles. The number of anilines is 1. The molecule has 168 valence electrons. The molecule has 0 aromatic heterocycles. The molecule has 33 heavy (non-hydrogen) atoms. The monoisotopic (exact) mass is 469 g/mol. The molecule has 3 aromatic rings. The Bertz CT molecular complexity index is 1320. The Hall–Kier alpha value is -3.71. The third-order valence-corrected chi connectivity index (χ3v) is 5.73. The molecule has 0 saturated carbocycles. The van der Waals surface area contributed by atoms with Crippen molar-refractivity contribution in [2.45, 2.75) is 13.0 Å². The number of hydrogen-bond acceptors (Lipinski definition) is 4. The molecule has 5 nitrogen and oxygen atoms in total. The molecule has 4 rings (SSSR count). The average Bonchev–Trinajstić information content (AvgIpc) is 3.04. The Morgan fingerprint density at radius 1 is 1.06 bits per heavy atom. The van der Waals surface area contributed by atoms with E-state index in [-0.39, 0.29) is 21.8 Å². The van der Waals surface area contributed by atoms with Gasteiger partial charge >= 0.3 is 0 Å². The topological polar surface area (TPSA) is 66.8 Å². The van der Waals surface area contributed by atoms with Gasteiger partial charge in [0, 0.05) is 11.6 Å². The molecule has 1 fully saturated rings. The highest BCUT2D eigenvalue weighted by Crippen LogP contribution is 2.44. The van der Waals surface area contributed by atoms with E-state index in [0.29, 0.717) is 17.4 Å². The number of halogens is 3. The van der Waals surface area contributed by atoms with Crippen molar-refractivity contribution in [3.63, 3.8) is 0 Å². The number of methoxy groups -OCH3 is 1. The first-order chi connectivity index (χ1) is 15.7. The van der Waals surface area contributed by atoms with E-state index < -0.39 is 35.1 Å². The van der Waals surface area contributed by atoms with Crippen LogP contribution >= 0.6 is 11.6 Å². The van der Waals surface area contributed by atoms with E-state index in [1.807, 2.05) is 13.0 Å². The van der Waals surface area contributed by atoms with Crippen LogP contribution in [0.1, 0.15) is 22.7 Å². The van der Waals surface area contributed by atoms with E-state index in [2.05, 4.69) is 0 Å². The van der Waals surface area contributed by atoms with Crippen molar-refractivity contribution in [3.8, 4) is 5.75 Å². The summed E-state index contributed by atoms with van der Waals surface area (Å²) in [7, 11) is 1.43. The molecule has 8 heteroatoms. The van der Waals surface area contributed by atoms with Gasteiger partial charge in [0.1, 0.15) is 23.1 Å². The molecule has 1 amide bonds. The van der Waals surface area contributed by atoms with Crippen LogP contribution in [0.3, 0.4) is 0 Å². The summed E-state index contributed by atoms with van der Waals surface area (Å²) in [6.45, 7) is 1.81. The Labute approximate surface area is 193 Å². The first kappa shape index (κ1) is 22.5. The van der Waals surface area contributed by atoms with Gasteiger partial charge in [0.15, 0.2) is 0 Å². The molecule has 1 N–H and O–H groups in total. The Morgan fingerprint density at radius 2 is 1.82 bits per heavy atom. The lowest BCUT2D eigenvalue weighted by Gasteiger charge is -2.26.